The minimum atomic E-state index is -3.46. The van der Waals surface area contributed by atoms with Crippen molar-refractivity contribution in [3.8, 4) is 0 Å². The summed E-state index contributed by atoms with van der Waals surface area (Å²) in [5.74, 6) is -0.190. The van der Waals surface area contributed by atoms with Crippen LogP contribution in [0.25, 0.3) is 0 Å². The first-order valence-corrected chi connectivity index (χ1v) is 10.1. The lowest BCUT2D eigenvalue weighted by Gasteiger charge is -2.27. The molecule has 0 saturated carbocycles. The summed E-state index contributed by atoms with van der Waals surface area (Å²) in [6.07, 6.45) is 2.80. The number of benzene rings is 1. The zero-order valence-corrected chi connectivity index (χ0v) is 15.2. The molecule has 1 aliphatic heterocycles. The minimum absolute atomic E-state index is 0.114. The standard InChI is InChI=1S/C17H26N2O4S/c1-3-18(12-15-8-5-4-6-9-15)17(20)14-19(24(2,21)22)13-16-10-7-11-23-16/h4-6,8-9,16H,3,7,10-14H2,1-2H3. The van der Waals surface area contributed by atoms with E-state index in [1.165, 1.54) is 4.31 Å². The van der Waals surface area contributed by atoms with E-state index >= 15 is 0 Å². The molecule has 24 heavy (non-hydrogen) atoms. The second kappa shape index (κ2) is 8.60. The lowest BCUT2D eigenvalue weighted by molar-refractivity contribution is -0.132. The van der Waals surface area contributed by atoms with Crippen LogP contribution in [0.2, 0.25) is 0 Å². The predicted octanol–water partition coefficient (Wildman–Crippen LogP) is 1.48. The Bertz CT molecular complexity index is 627. The average Bonchev–Trinajstić information content (AvgIpc) is 3.05. The summed E-state index contributed by atoms with van der Waals surface area (Å²) >= 11 is 0. The zero-order valence-electron chi connectivity index (χ0n) is 14.3. The van der Waals surface area contributed by atoms with Crippen LogP contribution in [0, 0.1) is 0 Å². The summed E-state index contributed by atoms with van der Waals surface area (Å²) in [5.41, 5.74) is 1.03. The van der Waals surface area contributed by atoms with Gasteiger partial charge in [0.2, 0.25) is 15.9 Å². The molecule has 0 spiro atoms. The number of nitrogens with zero attached hydrogens (tertiary/aromatic N) is 2. The summed E-state index contributed by atoms with van der Waals surface area (Å²) in [6.45, 7) is 3.67. The van der Waals surface area contributed by atoms with E-state index in [0.717, 1.165) is 24.7 Å². The highest BCUT2D eigenvalue weighted by Gasteiger charge is 2.27. The first-order valence-electron chi connectivity index (χ1n) is 8.28. The van der Waals surface area contributed by atoms with Gasteiger partial charge in [-0.1, -0.05) is 30.3 Å². The molecule has 1 aromatic rings. The Morgan fingerprint density at radius 1 is 1.29 bits per heavy atom. The number of hydrogen-bond donors (Lipinski definition) is 0. The third-order valence-corrected chi connectivity index (χ3v) is 5.38. The molecule has 0 bridgehead atoms. The Balaban J connectivity index is 2.01. The van der Waals surface area contributed by atoms with Gasteiger partial charge >= 0.3 is 0 Å². The van der Waals surface area contributed by atoms with Gasteiger partial charge in [0.1, 0.15) is 0 Å². The Morgan fingerprint density at radius 2 is 2.00 bits per heavy atom. The summed E-state index contributed by atoms with van der Waals surface area (Å²) in [7, 11) is -3.46. The van der Waals surface area contributed by atoms with E-state index in [0.29, 0.717) is 19.7 Å². The van der Waals surface area contributed by atoms with Crippen molar-refractivity contribution >= 4 is 15.9 Å². The number of rotatable bonds is 8. The largest absolute Gasteiger partial charge is 0.377 e. The van der Waals surface area contributed by atoms with Gasteiger partial charge in [-0.25, -0.2) is 8.42 Å². The molecular formula is C17H26N2O4S. The van der Waals surface area contributed by atoms with Crippen molar-refractivity contribution < 1.29 is 17.9 Å². The van der Waals surface area contributed by atoms with E-state index < -0.39 is 10.0 Å². The van der Waals surface area contributed by atoms with E-state index in [-0.39, 0.29) is 25.1 Å². The van der Waals surface area contributed by atoms with Crippen molar-refractivity contribution in [2.24, 2.45) is 0 Å². The molecule has 0 N–H and O–H groups in total. The smallest absolute Gasteiger partial charge is 0.238 e. The Morgan fingerprint density at radius 3 is 2.54 bits per heavy atom. The molecule has 1 fully saturated rings. The highest BCUT2D eigenvalue weighted by molar-refractivity contribution is 7.88. The van der Waals surface area contributed by atoms with Gasteiger partial charge in [-0.15, -0.1) is 0 Å². The van der Waals surface area contributed by atoms with Crippen molar-refractivity contribution in [2.45, 2.75) is 32.4 Å². The van der Waals surface area contributed by atoms with Gasteiger partial charge in [0.25, 0.3) is 0 Å². The van der Waals surface area contributed by atoms with Crippen LogP contribution in [-0.2, 0) is 26.1 Å². The molecule has 0 radical (unpaired) electrons. The molecule has 1 saturated heterocycles. The fourth-order valence-corrected chi connectivity index (χ4v) is 3.55. The maximum Gasteiger partial charge on any atom is 0.238 e. The monoisotopic (exact) mass is 354 g/mol. The molecule has 7 heteroatoms. The van der Waals surface area contributed by atoms with Crippen molar-refractivity contribution in [3.05, 3.63) is 35.9 Å². The van der Waals surface area contributed by atoms with E-state index in [2.05, 4.69) is 0 Å². The zero-order chi connectivity index (χ0) is 17.6. The van der Waals surface area contributed by atoms with Crippen molar-refractivity contribution in [3.63, 3.8) is 0 Å². The molecular weight excluding hydrogens is 328 g/mol. The summed E-state index contributed by atoms with van der Waals surface area (Å²) in [6, 6.07) is 9.68. The number of amides is 1. The van der Waals surface area contributed by atoms with Gasteiger partial charge in [-0.3, -0.25) is 4.79 Å². The first kappa shape index (κ1) is 18.9. The van der Waals surface area contributed by atoms with Crippen LogP contribution in [0.1, 0.15) is 25.3 Å². The van der Waals surface area contributed by atoms with Crippen molar-refractivity contribution in [1.82, 2.24) is 9.21 Å². The number of carbonyl (C=O) groups is 1. The quantitative estimate of drug-likeness (QED) is 0.709. The summed E-state index contributed by atoms with van der Waals surface area (Å²) in [5, 5.41) is 0. The van der Waals surface area contributed by atoms with Gasteiger partial charge in [0.05, 0.1) is 18.9 Å². The lowest BCUT2D eigenvalue weighted by Crippen LogP contribution is -2.45. The van der Waals surface area contributed by atoms with Crippen molar-refractivity contribution in [2.75, 3.05) is 32.5 Å². The van der Waals surface area contributed by atoms with Crippen LogP contribution < -0.4 is 0 Å². The van der Waals surface area contributed by atoms with E-state index in [9.17, 15) is 13.2 Å². The fraction of sp³-hybridized carbons (Fsp3) is 0.588. The summed E-state index contributed by atoms with van der Waals surface area (Å²) < 4.78 is 30.8. The molecule has 6 nitrogen and oxygen atoms in total. The van der Waals surface area contributed by atoms with Gasteiger partial charge in [0, 0.05) is 26.2 Å². The number of sulfonamides is 1. The highest BCUT2D eigenvalue weighted by atomic mass is 32.2. The van der Waals surface area contributed by atoms with E-state index in [1.807, 2.05) is 37.3 Å². The van der Waals surface area contributed by atoms with Crippen LogP contribution in [0.15, 0.2) is 30.3 Å². The third kappa shape index (κ3) is 5.58. The third-order valence-electron chi connectivity index (χ3n) is 4.16. The highest BCUT2D eigenvalue weighted by Crippen LogP contribution is 2.15. The molecule has 134 valence electrons. The SMILES string of the molecule is CCN(Cc1ccccc1)C(=O)CN(CC1CCCO1)S(C)(=O)=O. The lowest BCUT2D eigenvalue weighted by atomic mass is 10.2. The molecule has 1 aliphatic rings. The van der Waals surface area contributed by atoms with Crippen LogP contribution in [0.5, 0.6) is 0 Å². The van der Waals surface area contributed by atoms with Gasteiger partial charge in [-0.2, -0.15) is 4.31 Å². The maximum absolute atomic E-state index is 12.6. The number of ether oxygens (including phenoxy) is 1. The van der Waals surface area contributed by atoms with Crippen LogP contribution in [0.4, 0.5) is 0 Å². The predicted molar refractivity (Wildman–Crippen MR) is 92.9 cm³/mol. The molecule has 1 atom stereocenters. The molecule has 1 heterocycles. The van der Waals surface area contributed by atoms with Gasteiger partial charge in [-0.05, 0) is 25.3 Å². The normalized spacial score (nSPS) is 18.0. The number of likely N-dealkylation sites (N-methyl/N-ethyl adjacent to an activating group) is 1. The fourth-order valence-electron chi connectivity index (χ4n) is 2.76. The van der Waals surface area contributed by atoms with E-state index in [1.54, 1.807) is 4.90 Å². The Kier molecular flexibility index (Phi) is 6.77. The summed E-state index contributed by atoms with van der Waals surface area (Å²) in [4.78, 5) is 14.3. The van der Waals surface area contributed by atoms with E-state index in [4.69, 9.17) is 4.74 Å². The number of hydrogen-bond acceptors (Lipinski definition) is 4. The topological polar surface area (TPSA) is 66.9 Å². The molecule has 1 aromatic carbocycles. The Hall–Kier alpha value is -1.44. The first-order chi connectivity index (χ1) is 11.4. The van der Waals surface area contributed by atoms with Crippen LogP contribution >= 0.6 is 0 Å². The van der Waals surface area contributed by atoms with Crippen molar-refractivity contribution in [1.29, 1.82) is 0 Å². The maximum atomic E-state index is 12.6. The second-order valence-corrected chi connectivity index (χ2v) is 8.07. The molecule has 1 unspecified atom stereocenters. The minimum Gasteiger partial charge on any atom is -0.377 e. The Labute approximate surface area is 144 Å². The second-order valence-electron chi connectivity index (χ2n) is 6.08. The molecule has 2 rings (SSSR count). The number of carbonyl (C=O) groups excluding carboxylic acids is 1. The van der Waals surface area contributed by atoms with Crippen LogP contribution in [0.3, 0.4) is 0 Å². The van der Waals surface area contributed by atoms with Gasteiger partial charge < -0.3 is 9.64 Å². The average molecular weight is 354 g/mol. The van der Waals surface area contributed by atoms with Gasteiger partial charge in [0.15, 0.2) is 0 Å². The van der Waals surface area contributed by atoms with Crippen LogP contribution in [-0.4, -0.2) is 62.1 Å². The molecule has 0 aromatic heterocycles. The molecule has 1 amide bonds. The molecule has 0 aliphatic carbocycles.